The quantitative estimate of drug-likeness (QED) is 0.186. The molecule has 0 saturated carbocycles. The van der Waals surface area contributed by atoms with Gasteiger partial charge in [0.05, 0.1) is 18.1 Å². The lowest BCUT2D eigenvalue weighted by molar-refractivity contribution is -0.384. The van der Waals surface area contributed by atoms with Gasteiger partial charge in [0.15, 0.2) is 5.96 Å². The van der Waals surface area contributed by atoms with Crippen LogP contribution in [0.25, 0.3) is 0 Å². The fourth-order valence-electron chi connectivity index (χ4n) is 2.35. The summed E-state index contributed by atoms with van der Waals surface area (Å²) in [5.41, 5.74) is 1.06. The Hall–Kier alpha value is -1.42. The summed E-state index contributed by atoms with van der Waals surface area (Å²) in [5, 5.41) is 14.0. The molecule has 8 heteroatoms. The molecule has 1 fully saturated rings. The van der Waals surface area contributed by atoms with Crippen LogP contribution in [0.2, 0.25) is 0 Å². The van der Waals surface area contributed by atoms with E-state index in [-0.39, 0.29) is 29.7 Å². The van der Waals surface area contributed by atoms with Crippen molar-refractivity contribution in [1.29, 1.82) is 0 Å². The monoisotopic (exact) mass is 434 g/mol. The normalized spacial score (nSPS) is 14.5. The molecule has 128 valence electrons. The first kappa shape index (κ1) is 19.6. The summed E-state index contributed by atoms with van der Waals surface area (Å²) in [4.78, 5) is 17.1. The summed E-state index contributed by atoms with van der Waals surface area (Å²) in [7, 11) is 1.67. The Morgan fingerprint density at radius 1 is 1.35 bits per heavy atom. The number of guanidine groups is 1. The Morgan fingerprint density at radius 3 is 2.57 bits per heavy atom. The third-order valence-corrected chi connectivity index (χ3v) is 3.55. The summed E-state index contributed by atoms with van der Waals surface area (Å²) in [5.74, 6) is 0.882. The predicted octanol–water partition coefficient (Wildman–Crippen LogP) is 2.40. The van der Waals surface area contributed by atoms with Gasteiger partial charge in [-0.3, -0.25) is 10.1 Å². The summed E-state index contributed by atoms with van der Waals surface area (Å²) in [6, 6.07) is 6.52. The molecule has 1 aromatic carbocycles. The highest BCUT2D eigenvalue weighted by molar-refractivity contribution is 14.0. The van der Waals surface area contributed by atoms with Crippen LogP contribution in [0.5, 0.6) is 0 Å². The predicted molar refractivity (Wildman–Crippen MR) is 100 cm³/mol. The number of hydrogen-bond donors (Lipinski definition) is 1. The molecule has 0 radical (unpaired) electrons. The number of nitro benzene ring substituents is 1. The number of non-ortho nitro benzene ring substituents is 1. The Bertz CT molecular complexity index is 516. The molecule has 1 heterocycles. The summed E-state index contributed by atoms with van der Waals surface area (Å²) >= 11 is 0. The maximum Gasteiger partial charge on any atom is 0.269 e. The highest BCUT2D eigenvalue weighted by Crippen LogP contribution is 2.13. The van der Waals surface area contributed by atoms with Crippen molar-refractivity contribution in [2.75, 3.05) is 33.4 Å². The molecular formula is C15H23IN4O3. The largest absolute Gasteiger partial charge is 0.383 e. The average Bonchev–Trinajstić information content (AvgIpc) is 3.05. The number of likely N-dealkylation sites (tertiary alicyclic amines) is 1. The molecule has 0 bridgehead atoms. The number of nitrogens with zero attached hydrogens (tertiary/aromatic N) is 3. The molecule has 0 aromatic heterocycles. The lowest BCUT2D eigenvalue weighted by Crippen LogP contribution is -2.41. The van der Waals surface area contributed by atoms with Gasteiger partial charge in [-0.15, -0.1) is 24.0 Å². The average molecular weight is 434 g/mol. The summed E-state index contributed by atoms with van der Waals surface area (Å²) in [6.45, 7) is 3.87. The SMILES string of the molecule is COCCNC(=NCc1ccc([N+](=O)[O-])cc1)N1CCCC1.I. The minimum atomic E-state index is -0.394. The first-order valence-electron chi connectivity index (χ1n) is 7.46. The molecule has 1 saturated heterocycles. The van der Waals surface area contributed by atoms with E-state index in [1.165, 1.54) is 25.0 Å². The second-order valence-corrected chi connectivity index (χ2v) is 5.18. The second kappa shape index (κ2) is 10.4. The Labute approximate surface area is 153 Å². The number of hydrogen-bond acceptors (Lipinski definition) is 4. The minimum absolute atomic E-state index is 0. The van der Waals surface area contributed by atoms with Gasteiger partial charge in [-0.25, -0.2) is 4.99 Å². The van der Waals surface area contributed by atoms with Crippen LogP contribution < -0.4 is 5.32 Å². The minimum Gasteiger partial charge on any atom is -0.383 e. The maximum absolute atomic E-state index is 10.6. The van der Waals surface area contributed by atoms with Crippen molar-refractivity contribution < 1.29 is 9.66 Å². The van der Waals surface area contributed by atoms with E-state index in [2.05, 4.69) is 15.2 Å². The van der Waals surface area contributed by atoms with E-state index in [1.54, 1.807) is 19.2 Å². The highest BCUT2D eigenvalue weighted by atomic mass is 127. The standard InChI is InChI=1S/C15H22N4O3.HI/c1-22-11-8-16-15(18-9-2-3-10-18)17-12-13-4-6-14(7-5-13)19(20)21;/h4-7H,2-3,8-12H2,1H3,(H,16,17);1H. The topological polar surface area (TPSA) is 80.0 Å². The molecule has 0 atom stereocenters. The van der Waals surface area contributed by atoms with E-state index in [9.17, 15) is 10.1 Å². The van der Waals surface area contributed by atoms with Crippen molar-refractivity contribution in [1.82, 2.24) is 10.2 Å². The van der Waals surface area contributed by atoms with Gasteiger partial charge >= 0.3 is 0 Å². The van der Waals surface area contributed by atoms with E-state index in [1.807, 2.05) is 0 Å². The van der Waals surface area contributed by atoms with Gasteiger partial charge in [-0.2, -0.15) is 0 Å². The number of methoxy groups -OCH3 is 1. The van der Waals surface area contributed by atoms with Crippen molar-refractivity contribution in [3.05, 3.63) is 39.9 Å². The Kier molecular flexibility index (Phi) is 8.85. The number of nitro groups is 1. The smallest absolute Gasteiger partial charge is 0.269 e. The van der Waals surface area contributed by atoms with Gasteiger partial charge in [0, 0.05) is 38.9 Å². The van der Waals surface area contributed by atoms with Crippen LogP contribution in [0.15, 0.2) is 29.3 Å². The fraction of sp³-hybridized carbons (Fsp3) is 0.533. The van der Waals surface area contributed by atoms with Crippen molar-refractivity contribution in [3.63, 3.8) is 0 Å². The van der Waals surface area contributed by atoms with Gasteiger partial charge in [0.25, 0.3) is 5.69 Å². The van der Waals surface area contributed by atoms with Crippen LogP contribution >= 0.6 is 24.0 Å². The molecule has 1 aliphatic rings. The number of aliphatic imine (C=N–C) groups is 1. The van der Waals surface area contributed by atoms with Gasteiger partial charge in [-0.05, 0) is 18.4 Å². The zero-order valence-corrected chi connectivity index (χ0v) is 15.6. The van der Waals surface area contributed by atoms with Crippen LogP contribution in [-0.2, 0) is 11.3 Å². The zero-order chi connectivity index (χ0) is 15.8. The Morgan fingerprint density at radius 2 is 2.00 bits per heavy atom. The second-order valence-electron chi connectivity index (χ2n) is 5.18. The van der Waals surface area contributed by atoms with E-state index in [0.29, 0.717) is 19.7 Å². The van der Waals surface area contributed by atoms with Crippen LogP contribution in [0.1, 0.15) is 18.4 Å². The van der Waals surface area contributed by atoms with E-state index >= 15 is 0 Å². The van der Waals surface area contributed by atoms with Crippen molar-refractivity contribution >= 4 is 35.6 Å². The molecule has 0 aliphatic carbocycles. The highest BCUT2D eigenvalue weighted by Gasteiger charge is 2.15. The van der Waals surface area contributed by atoms with Crippen molar-refractivity contribution in [2.24, 2.45) is 4.99 Å². The van der Waals surface area contributed by atoms with Gasteiger partial charge in [-0.1, -0.05) is 12.1 Å². The lowest BCUT2D eigenvalue weighted by atomic mass is 10.2. The summed E-state index contributed by atoms with van der Waals surface area (Å²) < 4.78 is 5.05. The third-order valence-electron chi connectivity index (χ3n) is 3.55. The first-order valence-corrected chi connectivity index (χ1v) is 7.46. The van der Waals surface area contributed by atoms with Crippen LogP contribution in [0, 0.1) is 10.1 Å². The molecule has 0 unspecified atom stereocenters. The fourth-order valence-corrected chi connectivity index (χ4v) is 2.35. The van der Waals surface area contributed by atoms with Crippen LogP contribution in [0.4, 0.5) is 5.69 Å². The molecule has 23 heavy (non-hydrogen) atoms. The first-order chi connectivity index (χ1) is 10.7. The maximum atomic E-state index is 10.6. The van der Waals surface area contributed by atoms with E-state index < -0.39 is 4.92 Å². The molecular weight excluding hydrogens is 411 g/mol. The number of halogens is 1. The molecule has 1 aliphatic heterocycles. The number of nitrogens with one attached hydrogen (secondary N) is 1. The number of rotatable bonds is 6. The zero-order valence-electron chi connectivity index (χ0n) is 13.2. The molecule has 2 rings (SSSR count). The molecule has 1 aromatic rings. The van der Waals surface area contributed by atoms with E-state index in [0.717, 1.165) is 24.6 Å². The van der Waals surface area contributed by atoms with Crippen LogP contribution in [-0.4, -0.2) is 49.1 Å². The van der Waals surface area contributed by atoms with Crippen LogP contribution in [0.3, 0.4) is 0 Å². The lowest BCUT2D eigenvalue weighted by Gasteiger charge is -2.21. The molecule has 7 nitrogen and oxygen atoms in total. The van der Waals surface area contributed by atoms with Gasteiger partial charge in [0.2, 0.25) is 0 Å². The third kappa shape index (κ3) is 6.30. The molecule has 0 spiro atoms. The van der Waals surface area contributed by atoms with Crippen molar-refractivity contribution in [3.8, 4) is 0 Å². The Balaban J connectivity index is 0.00000264. The molecule has 1 N–H and O–H groups in total. The van der Waals surface area contributed by atoms with Gasteiger partial charge < -0.3 is 15.0 Å². The summed E-state index contributed by atoms with van der Waals surface area (Å²) in [6.07, 6.45) is 2.37. The van der Waals surface area contributed by atoms with Crippen molar-refractivity contribution in [2.45, 2.75) is 19.4 Å². The number of benzene rings is 1. The van der Waals surface area contributed by atoms with E-state index in [4.69, 9.17) is 4.74 Å². The number of ether oxygens (including phenoxy) is 1. The molecule has 0 amide bonds. The van der Waals surface area contributed by atoms with Gasteiger partial charge in [0.1, 0.15) is 0 Å².